The van der Waals surface area contributed by atoms with Crippen molar-refractivity contribution in [3.8, 4) is 0 Å². The molecule has 3 heterocycles. The maximum Gasteiger partial charge on any atom is 0.253 e. The number of H-pyrrole nitrogens is 1. The number of nitrogens with one attached hydrogen (secondary N) is 1. The van der Waals surface area contributed by atoms with Crippen LogP contribution in [0.1, 0.15) is 37.5 Å². The van der Waals surface area contributed by atoms with Crippen LogP contribution in [0.5, 0.6) is 0 Å². The summed E-state index contributed by atoms with van der Waals surface area (Å²) in [5, 5.41) is 0. The first kappa shape index (κ1) is 18.4. The molecular formula is C19H27N5O2. The molecule has 0 spiro atoms. The summed E-state index contributed by atoms with van der Waals surface area (Å²) in [6, 6.07) is 5.91. The van der Waals surface area contributed by atoms with Crippen LogP contribution in [0.25, 0.3) is 0 Å². The van der Waals surface area contributed by atoms with Crippen LogP contribution in [-0.2, 0) is 30.8 Å². The lowest BCUT2D eigenvalue weighted by Gasteiger charge is -2.30. The number of fused-ring (bicyclic) bond motifs is 1. The van der Waals surface area contributed by atoms with Crippen molar-refractivity contribution >= 4 is 5.91 Å². The first-order chi connectivity index (χ1) is 12.4. The molecule has 0 saturated carbocycles. The molecule has 0 aromatic carbocycles. The van der Waals surface area contributed by atoms with Crippen molar-refractivity contribution in [3.63, 3.8) is 0 Å². The molecule has 0 radical (unpaired) electrons. The zero-order chi connectivity index (χ0) is 18.7. The molecule has 1 amide bonds. The van der Waals surface area contributed by atoms with Crippen LogP contribution >= 0.6 is 0 Å². The van der Waals surface area contributed by atoms with Crippen molar-refractivity contribution in [1.29, 1.82) is 0 Å². The molecule has 0 atom stereocenters. The molecule has 2 aromatic rings. The van der Waals surface area contributed by atoms with E-state index in [1.165, 1.54) is 0 Å². The van der Waals surface area contributed by atoms with E-state index in [0.29, 0.717) is 50.9 Å². The standard InChI is InChI=1S/C19H27N5O2/c1-14(2)22(3)12-16-11-19(26)24-10-9-23(13-17(24)21-16)18(25)7-6-15-5-4-8-20-15/h4-5,8,11,14,20H,6-7,9-10,12-13H2,1-3H3. The topological polar surface area (TPSA) is 74.2 Å². The minimum absolute atomic E-state index is 0.0272. The normalized spacial score (nSPS) is 14.1. The molecule has 0 unspecified atom stereocenters. The molecule has 7 nitrogen and oxygen atoms in total. The largest absolute Gasteiger partial charge is 0.365 e. The number of rotatable bonds is 6. The summed E-state index contributed by atoms with van der Waals surface area (Å²) >= 11 is 0. The summed E-state index contributed by atoms with van der Waals surface area (Å²) in [5.41, 5.74) is 1.79. The number of carbonyl (C=O) groups excluding carboxylic acids is 1. The minimum atomic E-state index is -0.0272. The van der Waals surface area contributed by atoms with Gasteiger partial charge < -0.3 is 9.88 Å². The van der Waals surface area contributed by atoms with Crippen LogP contribution < -0.4 is 5.56 Å². The van der Waals surface area contributed by atoms with E-state index in [1.54, 1.807) is 15.5 Å². The van der Waals surface area contributed by atoms with E-state index < -0.39 is 0 Å². The van der Waals surface area contributed by atoms with Gasteiger partial charge in [0.05, 0.1) is 12.2 Å². The van der Waals surface area contributed by atoms with Gasteiger partial charge in [0.1, 0.15) is 5.82 Å². The molecule has 1 aliphatic rings. The van der Waals surface area contributed by atoms with Gasteiger partial charge in [-0.2, -0.15) is 0 Å². The van der Waals surface area contributed by atoms with E-state index in [9.17, 15) is 9.59 Å². The van der Waals surface area contributed by atoms with Gasteiger partial charge in [-0.1, -0.05) is 0 Å². The van der Waals surface area contributed by atoms with Crippen LogP contribution in [0.15, 0.2) is 29.2 Å². The molecule has 3 rings (SSSR count). The number of aryl methyl sites for hydroxylation is 1. The average molecular weight is 357 g/mol. The van der Waals surface area contributed by atoms with E-state index in [0.717, 1.165) is 11.4 Å². The number of carbonyl (C=O) groups is 1. The van der Waals surface area contributed by atoms with E-state index in [-0.39, 0.29) is 11.5 Å². The highest BCUT2D eigenvalue weighted by Gasteiger charge is 2.23. The van der Waals surface area contributed by atoms with Crippen molar-refractivity contribution in [2.45, 2.75) is 52.4 Å². The Morgan fingerprint density at radius 3 is 2.88 bits per heavy atom. The Labute approximate surface area is 153 Å². The van der Waals surface area contributed by atoms with Crippen LogP contribution in [0, 0.1) is 0 Å². The number of aromatic nitrogens is 3. The first-order valence-electron chi connectivity index (χ1n) is 9.14. The van der Waals surface area contributed by atoms with Crippen LogP contribution in [0.2, 0.25) is 0 Å². The summed E-state index contributed by atoms with van der Waals surface area (Å²) < 4.78 is 1.69. The second-order valence-corrected chi connectivity index (χ2v) is 7.17. The van der Waals surface area contributed by atoms with Gasteiger partial charge in [0.15, 0.2) is 0 Å². The second-order valence-electron chi connectivity index (χ2n) is 7.17. The Morgan fingerprint density at radius 2 is 2.19 bits per heavy atom. The number of hydrogen-bond donors (Lipinski definition) is 1. The highest BCUT2D eigenvalue weighted by molar-refractivity contribution is 5.76. The summed E-state index contributed by atoms with van der Waals surface area (Å²) in [7, 11) is 2.01. The quantitative estimate of drug-likeness (QED) is 0.848. The van der Waals surface area contributed by atoms with Crippen molar-refractivity contribution in [2.75, 3.05) is 13.6 Å². The Morgan fingerprint density at radius 1 is 1.38 bits per heavy atom. The van der Waals surface area contributed by atoms with Gasteiger partial charge in [0.2, 0.25) is 5.91 Å². The molecule has 0 saturated heterocycles. The predicted molar refractivity (Wildman–Crippen MR) is 99.6 cm³/mol. The molecule has 0 fully saturated rings. The van der Waals surface area contributed by atoms with E-state index in [1.807, 2.05) is 25.4 Å². The Balaban J connectivity index is 1.69. The molecule has 0 bridgehead atoms. The molecule has 1 N–H and O–H groups in total. The highest BCUT2D eigenvalue weighted by Crippen LogP contribution is 2.12. The average Bonchev–Trinajstić information content (AvgIpc) is 3.12. The lowest BCUT2D eigenvalue weighted by atomic mass is 10.2. The third-order valence-corrected chi connectivity index (χ3v) is 4.98. The monoisotopic (exact) mass is 357 g/mol. The molecule has 2 aromatic heterocycles. The molecule has 1 aliphatic heterocycles. The summed E-state index contributed by atoms with van der Waals surface area (Å²) in [4.78, 5) is 36.6. The number of nitrogens with zero attached hydrogens (tertiary/aromatic N) is 4. The van der Waals surface area contributed by atoms with E-state index >= 15 is 0 Å². The highest BCUT2D eigenvalue weighted by atomic mass is 16.2. The lowest BCUT2D eigenvalue weighted by Crippen LogP contribution is -2.43. The first-order valence-corrected chi connectivity index (χ1v) is 9.14. The summed E-state index contributed by atoms with van der Waals surface area (Å²) in [6.45, 7) is 6.31. The zero-order valence-electron chi connectivity index (χ0n) is 15.7. The number of hydrogen-bond acceptors (Lipinski definition) is 4. The van der Waals surface area contributed by atoms with Gasteiger partial charge in [-0.3, -0.25) is 19.1 Å². The van der Waals surface area contributed by atoms with Gasteiger partial charge >= 0.3 is 0 Å². The van der Waals surface area contributed by atoms with E-state index in [4.69, 9.17) is 0 Å². The van der Waals surface area contributed by atoms with Crippen LogP contribution in [0.4, 0.5) is 0 Å². The maximum atomic E-state index is 12.5. The predicted octanol–water partition coefficient (Wildman–Crippen LogP) is 1.39. The third-order valence-electron chi connectivity index (χ3n) is 4.98. The van der Waals surface area contributed by atoms with Crippen molar-refractivity contribution in [1.82, 2.24) is 24.3 Å². The van der Waals surface area contributed by atoms with Gasteiger partial charge in [-0.25, -0.2) is 4.98 Å². The van der Waals surface area contributed by atoms with Crippen LogP contribution in [-0.4, -0.2) is 49.9 Å². The number of aromatic amines is 1. The maximum absolute atomic E-state index is 12.5. The third kappa shape index (κ3) is 4.22. The smallest absolute Gasteiger partial charge is 0.253 e. The van der Waals surface area contributed by atoms with Crippen LogP contribution in [0.3, 0.4) is 0 Å². The summed E-state index contributed by atoms with van der Waals surface area (Å²) in [6.07, 6.45) is 3.02. The fraction of sp³-hybridized carbons (Fsp3) is 0.526. The molecule has 7 heteroatoms. The Bertz CT molecular complexity index is 810. The van der Waals surface area contributed by atoms with Gasteiger partial charge in [0.25, 0.3) is 5.56 Å². The Kier molecular flexibility index (Phi) is 5.56. The molecule has 0 aliphatic carbocycles. The minimum Gasteiger partial charge on any atom is -0.365 e. The summed E-state index contributed by atoms with van der Waals surface area (Å²) in [5.74, 6) is 0.786. The van der Waals surface area contributed by atoms with Crippen molar-refractivity contribution in [2.24, 2.45) is 0 Å². The second kappa shape index (κ2) is 7.86. The van der Waals surface area contributed by atoms with Crippen molar-refractivity contribution in [3.05, 3.63) is 52.0 Å². The Hall–Kier alpha value is -2.41. The molecule has 26 heavy (non-hydrogen) atoms. The fourth-order valence-corrected chi connectivity index (χ4v) is 3.09. The van der Waals surface area contributed by atoms with Gasteiger partial charge in [0, 0.05) is 50.1 Å². The SMILES string of the molecule is CC(C)N(C)Cc1cc(=O)n2c(n1)CN(C(=O)CCc1ccc[nH]1)CC2. The number of amides is 1. The molecule has 140 valence electrons. The van der Waals surface area contributed by atoms with E-state index in [2.05, 4.69) is 28.7 Å². The van der Waals surface area contributed by atoms with Gasteiger partial charge in [-0.15, -0.1) is 0 Å². The van der Waals surface area contributed by atoms with Crippen molar-refractivity contribution < 1.29 is 4.79 Å². The fourth-order valence-electron chi connectivity index (χ4n) is 3.09. The lowest BCUT2D eigenvalue weighted by molar-refractivity contribution is -0.132. The zero-order valence-corrected chi connectivity index (χ0v) is 15.7. The molecular weight excluding hydrogens is 330 g/mol. The van der Waals surface area contributed by atoms with Gasteiger partial charge in [-0.05, 0) is 39.4 Å².